The molecule has 2 rings (SSSR count). The molecule has 0 fully saturated rings. The summed E-state index contributed by atoms with van der Waals surface area (Å²) in [7, 11) is 1.36. The number of anilines is 1. The Morgan fingerprint density at radius 3 is 2.78 bits per heavy atom. The summed E-state index contributed by atoms with van der Waals surface area (Å²) < 4.78 is 6.42. The molecule has 0 saturated carbocycles. The summed E-state index contributed by atoms with van der Waals surface area (Å²) in [5.41, 5.74) is 8.57. The van der Waals surface area contributed by atoms with Gasteiger partial charge in [0.15, 0.2) is 0 Å². The van der Waals surface area contributed by atoms with Gasteiger partial charge in [-0.2, -0.15) is 5.10 Å². The molecule has 1 aromatic heterocycles. The van der Waals surface area contributed by atoms with Gasteiger partial charge in [0.2, 0.25) is 0 Å². The second-order valence-corrected chi connectivity index (χ2v) is 3.82. The predicted octanol–water partition coefficient (Wildman–Crippen LogP) is 1.80. The topological polar surface area (TPSA) is 70.1 Å². The van der Waals surface area contributed by atoms with Crippen LogP contribution in [-0.4, -0.2) is 22.9 Å². The van der Waals surface area contributed by atoms with E-state index in [4.69, 9.17) is 10.5 Å². The molecule has 5 nitrogen and oxygen atoms in total. The summed E-state index contributed by atoms with van der Waals surface area (Å²) >= 11 is 0. The van der Waals surface area contributed by atoms with E-state index in [0.717, 1.165) is 11.4 Å². The Morgan fingerprint density at radius 2 is 2.17 bits per heavy atom. The van der Waals surface area contributed by atoms with Crippen LogP contribution in [0.15, 0.2) is 30.5 Å². The van der Waals surface area contributed by atoms with E-state index in [1.54, 1.807) is 10.7 Å². The SMILES string of the molecule is CCc1c(C(=O)OC)cnn1-c1ccccc1N. The average molecular weight is 245 g/mol. The molecule has 0 atom stereocenters. The van der Waals surface area contributed by atoms with Gasteiger partial charge in [-0.15, -0.1) is 0 Å². The van der Waals surface area contributed by atoms with E-state index in [0.29, 0.717) is 17.7 Å². The standard InChI is InChI=1S/C13H15N3O2/c1-3-11-9(13(17)18-2)8-15-16(11)12-7-5-4-6-10(12)14/h4-8H,3,14H2,1-2H3. The number of carbonyl (C=O) groups is 1. The van der Waals surface area contributed by atoms with E-state index in [2.05, 4.69) is 5.10 Å². The van der Waals surface area contributed by atoms with Crippen molar-refractivity contribution < 1.29 is 9.53 Å². The third-order valence-corrected chi connectivity index (χ3v) is 2.77. The molecule has 1 aromatic carbocycles. The molecule has 0 aliphatic heterocycles. The zero-order valence-corrected chi connectivity index (χ0v) is 10.4. The molecule has 94 valence electrons. The summed E-state index contributed by atoms with van der Waals surface area (Å²) in [6.45, 7) is 1.96. The largest absolute Gasteiger partial charge is 0.465 e. The third kappa shape index (κ3) is 1.95. The highest BCUT2D eigenvalue weighted by Crippen LogP contribution is 2.20. The molecule has 0 aliphatic rings. The number of nitrogens with two attached hydrogens (primary N) is 1. The molecule has 18 heavy (non-hydrogen) atoms. The molecule has 2 N–H and O–H groups in total. The first-order chi connectivity index (χ1) is 8.69. The van der Waals surface area contributed by atoms with Crippen LogP contribution in [0, 0.1) is 0 Å². The summed E-state index contributed by atoms with van der Waals surface area (Å²) in [5.74, 6) is -0.382. The second kappa shape index (κ2) is 4.91. The number of benzene rings is 1. The van der Waals surface area contributed by atoms with Crippen molar-refractivity contribution >= 4 is 11.7 Å². The van der Waals surface area contributed by atoms with Crippen LogP contribution in [0.2, 0.25) is 0 Å². The summed E-state index contributed by atoms with van der Waals surface area (Å²) in [6.07, 6.45) is 2.18. The van der Waals surface area contributed by atoms with Gasteiger partial charge in [-0.05, 0) is 18.6 Å². The number of carbonyl (C=O) groups excluding carboxylic acids is 1. The molecular weight excluding hydrogens is 230 g/mol. The lowest BCUT2D eigenvalue weighted by Crippen LogP contribution is -2.08. The van der Waals surface area contributed by atoms with Crippen molar-refractivity contribution in [3.8, 4) is 5.69 Å². The highest BCUT2D eigenvalue weighted by Gasteiger charge is 2.18. The minimum atomic E-state index is -0.382. The smallest absolute Gasteiger partial charge is 0.341 e. The summed E-state index contributed by atoms with van der Waals surface area (Å²) in [4.78, 5) is 11.6. The monoisotopic (exact) mass is 245 g/mol. The van der Waals surface area contributed by atoms with E-state index in [1.807, 2.05) is 25.1 Å². The fraction of sp³-hybridized carbons (Fsp3) is 0.231. The van der Waals surface area contributed by atoms with Crippen LogP contribution in [0.1, 0.15) is 23.0 Å². The van der Waals surface area contributed by atoms with E-state index < -0.39 is 0 Å². The maximum absolute atomic E-state index is 11.6. The van der Waals surface area contributed by atoms with Crippen molar-refractivity contribution in [2.45, 2.75) is 13.3 Å². The highest BCUT2D eigenvalue weighted by atomic mass is 16.5. The highest BCUT2D eigenvalue weighted by molar-refractivity contribution is 5.90. The molecule has 0 spiro atoms. The van der Waals surface area contributed by atoms with Crippen LogP contribution in [-0.2, 0) is 11.2 Å². The minimum absolute atomic E-state index is 0.382. The number of hydrogen-bond acceptors (Lipinski definition) is 4. The third-order valence-electron chi connectivity index (χ3n) is 2.77. The Bertz CT molecular complexity index is 575. The van der Waals surface area contributed by atoms with Gasteiger partial charge in [-0.25, -0.2) is 9.48 Å². The maximum Gasteiger partial charge on any atom is 0.341 e. The first-order valence-corrected chi connectivity index (χ1v) is 5.69. The van der Waals surface area contributed by atoms with Gasteiger partial charge in [-0.1, -0.05) is 19.1 Å². The van der Waals surface area contributed by atoms with Crippen LogP contribution in [0.25, 0.3) is 5.69 Å². The van der Waals surface area contributed by atoms with Crippen LogP contribution >= 0.6 is 0 Å². The van der Waals surface area contributed by atoms with E-state index in [9.17, 15) is 4.79 Å². The molecule has 1 heterocycles. The number of methoxy groups -OCH3 is 1. The quantitative estimate of drug-likeness (QED) is 0.661. The Kier molecular flexibility index (Phi) is 3.32. The van der Waals surface area contributed by atoms with Crippen LogP contribution < -0.4 is 5.73 Å². The summed E-state index contributed by atoms with van der Waals surface area (Å²) in [6, 6.07) is 7.40. The molecule has 2 aromatic rings. The number of esters is 1. The molecule has 0 unspecified atom stereocenters. The lowest BCUT2D eigenvalue weighted by molar-refractivity contribution is 0.0599. The van der Waals surface area contributed by atoms with Crippen molar-refractivity contribution in [3.05, 3.63) is 41.7 Å². The van der Waals surface area contributed by atoms with Crippen LogP contribution in [0.5, 0.6) is 0 Å². The fourth-order valence-electron chi connectivity index (χ4n) is 1.88. The lowest BCUT2D eigenvalue weighted by atomic mass is 10.2. The number of rotatable bonds is 3. The van der Waals surface area contributed by atoms with Gasteiger partial charge >= 0.3 is 5.97 Å². The van der Waals surface area contributed by atoms with Crippen molar-refractivity contribution in [2.75, 3.05) is 12.8 Å². The normalized spacial score (nSPS) is 10.3. The van der Waals surface area contributed by atoms with Crippen LogP contribution in [0.3, 0.4) is 0 Å². The van der Waals surface area contributed by atoms with Gasteiger partial charge in [0.05, 0.1) is 30.4 Å². The van der Waals surface area contributed by atoms with Crippen molar-refractivity contribution in [3.63, 3.8) is 0 Å². The number of ether oxygens (including phenoxy) is 1. The average Bonchev–Trinajstić information content (AvgIpc) is 2.81. The molecule has 0 bridgehead atoms. The minimum Gasteiger partial charge on any atom is -0.465 e. The van der Waals surface area contributed by atoms with E-state index in [1.165, 1.54) is 13.3 Å². The molecule has 0 aliphatic carbocycles. The van der Waals surface area contributed by atoms with Gasteiger partial charge in [0, 0.05) is 0 Å². The van der Waals surface area contributed by atoms with Gasteiger partial charge in [-0.3, -0.25) is 0 Å². The Morgan fingerprint density at radius 1 is 1.44 bits per heavy atom. The Balaban J connectivity index is 2.56. The lowest BCUT2D eigenvalue weighted by Gasteiger charge is -2.09. The van der Waals surface area contributed by atoms with E-state index >= 15 is 0 Å². The van der Waals surface area contributed by atoms with E-state index in [-0.39, 0.29) is 5.97 Å². The number of aromatic nitrogens is 2. The van der Waals surface area contributed by atoms with Gasteiger partial charge < -0.3 is 10.5 Å². The Hall–Kier alpha value is -2.30. The number of hydrogen-bond donors (Lipinski definition) is 1. The van der Waals surface area contributed by atoms with Crippen LogP contribution in [0.4, 0.5) is 5.69 Å². The summed E-state index contributed by atoms with van der Waals surface area (Å²) in [5, 5.41) is 4.22. The number of nitrogen functional groups attached to an aromatic ring is 1. The van der Waals surface area contributed by atoms with Crippen molar-refractivity contribution in [1.29, 1.82) is 0 Å². The number of para-hydroxylation sites is 2. The first-order valence-electron chi connectivity index (χ1n) is 5.69. The zero-order valence-electron chi connectivity index (χ0n) is 10.4. The van der Waals surface area contributed by atoms with Gasteiger partial charge in [0.25, 0.3) is 0 Å². The first kappa shape index (κ1) is 12.2. The fourth-order valence-corrected chi connectivity index (χ4v) is 1.88. The Labute approximate surface area is 105 Å². The molecule has 0 amide bonds. The molecule has 5 heteroatoms. The molecule has 0 saturated heterocycles. The number of nitrogens with zero attached hydrogens (tertiary/aromatic N) is 2. The molecule has 0 radical (unpaired) electrons. The van der Waals surface area contributed by atoms with Gasteiger partial charge in [0.1, 0.15) is 5.56 Å². The van der Waals surface area contributed by atoms with Crippen molar-refractivity contribution in [1.82, 2.24) is 9.78 Å². The maximum atomic E-state index is 11.6. The molecular formula is C13H15N3O2. The van der Waals surface area contributed by atoms with Crippen molar-refractivity contribution in [2.24, 2.45) is 0 Å². The second-order valence-electron chi connectivity index (χ2n) is 3.82. The zero-order chi connectivity index (χ0) is 13.1. The predicted molar refractivity (Wildman–Crippen MR) is 68.7 cm³/mol.